The zero-order valence-corrected chi connectivity index (χ0v) is 30.3. The van der Waals surface area contributed by atoms with Crippen LogP contribution in [0.4, 0.5) is 0 Å². The van der Waals surface area contributed by atoms with Crippen molar-refractivity contribution >= 4 is 32.3 Å². The second-order valence-corrected chi connectivity index (χ2v) is 14.7. The lowest BCUT2D eigenvalue weighted by Crippen LogP contribution is -2.28. The lowest BCUT2D eigenvalue weighted by atomic mass is 9.67. The van der Waals surface area contributed by atoms with E-state index in [1.54, 1.807) is 0 Å². The van der Waals surface area contributed by atoms with Gasteiger partial charge in [-0.1, -0.05) is 218 Å². The molecule has 10 aromatic carbocycles. The summed E-state index contributed by atoms with van der Waals surface area (Å²) in [6, 6.07) is 80.7. The summed E-state index contributed by atoms with van der Waals surface area (Å²) in [4.78, 5) is 0. The molecule has 0 amide bonds. The monoisotopic (exact) mass is 696 g/mol. The molecule has 10 aromatic rings. The highest BCUT2D eigenvalue weighted by Gasteiger charge is 2.45. The van der Waals surface area contributed by atoms with Crippen LogP contribution in [0.1, 0.15) is 22.3 Å². The minimum absolute atomic E-state index is 0.392. The molecule has 0 saturated carbocycles. The lowest BCUT2D eigenvalue weighted by Gasteiger charge is -2.34. The molecule has 0 spiro atoms. The van der Waals surface area contributed by atoms with E-state index < -0.39 is 5.41 Å². The van der Waals surface area contributed by atoms with Crippen LogP contribution in [0, 0.1) is 0 Å². The van der Waals surface area contributed by atoms with Gasteiger partial charge >= 0.3 is 0 Å². The first-order valence-corrected chi connectivity index (χ1v) is 19.2. The summed E-state index contributed by atoms with van der Waals surface area (Å²) in [6.07, 6.45) is 0. The standard InChI is InChI=1S/C55H36/c1-2-17-41(18-3-1)55(51-27-12-10-20-44(51)45-21-11-13-28-52(45)55)42-35-33-38(34-36-42)37-29-31-40(32-30-37)53-47-22-6-8-24-49(47)54(50-25-9-7-23-48(50)53)46-26-14-16-39-15-4-5-19-43(39)46/h1-36H. The fraction of sp³-hybridized carbons (Fsp3) is 0.0182. The number of benzene rings is 10. The molecular weight excluding hydrogens is 661 g/mol. The van der Waals surface area contributed by atoms with E-state index in [9.17, 15) is 0 Å². The lowest BCUT2D eigenvalue weighted by molar-refractivity contribution is 0.768. The van der Waals surface area contributed by atoms with Crippen molar-refractivity contribution in [1.29, 1.82) is 0 Å². The average molecular weight is 697 g/mol. The van der Waals surface area contributed by atoms with Crippen molar-refractivity contribution in [2.75, 3.05) is 0 Å². The van der Waals surface area contributed by atoms with E-state index >= 15 is 0 Å². The van der Waals surface area contributed by atoms with E-state index in [0.717, 1.165) is 0 Å². The predicted molar refractivity (Wildman–Crippen MR) is 233 cm³/mol. The van der Waals surface area contributed by atoms with Crippen LogP contribution in [-0.2, 0) is 5.41 Å². The fourth-order valence-corrected chi connectivity index (χ4v) is 9.63. The average Bonchev–Trinajstić information content (AvgIpc) is 3.57. The van der Waals surface area contributed by atoms with Gasteiger partial charge in [0.2, 0.25) is 0 Å². The van der Waals surface area contributed by atoms with Crippen molar-refractivity contribution in [2.24, 2.45) is 0 Å². The van der Waals surface area contributed by atoms with E-state index in [1.165, 1.54) is 99.1 Å². The van der Waals surface area contributed by atoms with Crippen molar-refractivity contribution in [1.82, 2.24) is 0 Å². The molecule has 0 atom stereocenters. The Balaban J connectivity index is 1.03. The Bertz CT molecular complexity index is 2950. The third-order valence-electron chi connectivity index (χ3n) is 12.0. The van der Waals surface area contributed by atoms with Gasteiger partial charge in [0, 0.05) is 0 Å². The molecule has 0 saturated heterocycles. The van der Waals surface area contributed by atoms with Gasteiger partial charge in [0.15, 0.2) is 0 Å². The third-order valence-corrected chi connectivity index (χ3v) is 12.0. The van der Waals surface area contributed by atoms with Gasteiger partial charge in [0.1, 0.15) is 0 Å². The SMILES string of the molecule is c1ccc(C2(c3ccc(-c4ccc(-c5c6ccccc6c(-c6cccc7ccccc67)c6ccccc56)cc4)cc3)c3ccccc3-c3ccccc32)cc1. The summed E-state index contributed by atoms with van der Waals surface area (Å²) in [5.74, 6) is 0. The van der Waals surface area contributed by atoms with Crippen molar-refractivity contribution in [3.05, 3.63) is 241 Å². The Morgan fingerprint density at radius 2 is 0.636 bits per heavy atom. The molecule has 0 fully saturated rings. The first kappa shape index (κ1) is 31.5. The molecule has 0 bridgehead atoms. The van der Waals surface area contributed by atoms with Gasteiger partial charge in [-0.05, 0) is 99.1 Å². The summed E-state index contributed by atoms with van der Waals surface area (Å²) in [5.41, 5.74) is 15.0. The first-order valence-electron chi connectivity index (χ1n) is 19.2. The van der Waals surface area contributed by atoms with Crippen molar-refractivity contribution in [2.45, 2.75) is 5.41 Å². The molecule has 1 aliphatic rings. The molecule has 0 heterocycles. The maximum atomic E-state index is 2.35. The summed E-state index contributed by atoms with van der Waals surface area (Å²) >= 11 is 0. The maximum Gasteiger partial charge on any atom is 0.0713 e. The predicted octanol–water partition coefficient (Wildman–Crippen LogP) is 14.5. The van der Waals surface area contributed by atoms with Gasteiger partial charge in [-0.25, -0.2) is 0 Å². The van der Waals surface area contributed by atoms with Crippen LogP contribution >= 0.6 is 0 Å². The normalized spacial score (nSPS) is 12.9. The van der Waals surface area contributed by atoms with Gasteiger partial charge in [-0.3, -0.25) is 0 Å². The van der Waals surface area contributed by atoms with Gasteiger partial charge < -0.3 is 0 Å². The second-order valence-electron chi connectivity index (χ2n) is 14.7. The molecule has 0 N–H and O–H groups in total. The van der Waals surface area contributed by atoms with Crippen LogP contribution in [0.15, 0.2) is 218 Å². The maximum absolute atomic E-state index is 2.35. The third kappa shape index (κ3) is 4.72. The van der Waals surface area contributed by atoms with Crippen LogP contribution < -0.4 is 0 Å². The Hall–Kier alpha value is -7.02. The number of hydrogen-bond acceptors (Lipinski definition) is 0. The Morgan fingerprint density at radius 1 is 0.236 bits per heavy atom. The molecule has 0 heteroatoms. The van der Waals surface area contributed by atoms with E-state index in [4.69, 9.17) is 0 Å². The molecular formula is C55H36. The molecule has 55 heavy (non-hydrogen) atoms. The molecule has 0 aliphatic heterocycles. The van der Waals surface area contributed by atoms with Crippen LogP contribution in [0.2, 0.25) is 0 Å². The largest absolute Gasteiger partial charge is 0.0713 e. The van der Waals surface area contributed by atoms with Gasteiger partial charge in [-0.2, -0.15) is 0 Å². The number of fused-ring (bicyclic) bond motifs is 6. The number of hydrogen-bond donors (Lipinski definition) is 0. The van der Waals surface area contributed by atoms with E-state index in [-0.39, 0.29) is 0 Å². The van der Waals surface area contributed by atoms with Crippen LogP contribution in [0.3, 0.4) is 0 Å². The highest BCUT2D eigenvalue weighted by molar-refractivity contribution is 6.23. The molecule has 0 radical (unpaired) electrons. The van der Waals surface area contributed by atoms with E-state index in [0.29, 0.717) is 0 Å². The van der Waals surface area contributed by atoms with Gasteiger partial charge in [0.05, 0.1) is 5.41 Å². The highest BCUT2D eigenvalue weighted by Crippen LogP contribution is 2.56. The van der Waals surface area contributed by atoms with Crippen molar-refractivity contribution in [3.8, 4) is 44.5 Å². The van der Waals surface area contributed by atoms with Crippen LogP contribution in [0.25, 0.3) is 76.8 Å². The summed E-state index contributed by atoms with van der Waals surface area (Å²) < 4.78 is 0. The van der Waals surface area contributed by atoms with Crippen molar-refractivity contribution in [3.63, 3.8) is 0 Å². The number of rotatable bonds is 5. The minimum atomic E-state index is -0.392. The highest BCUT2D eigenvalue weighted by atomic mass is 14.5. The zero-order chi connectivity index (χ0) is 36.3. The Kier molecular flexibility index (Phi) is 7.19. The smallest absolute Gasteiger partial charge is 0.0622 e. The quantitative estimate of drug-likeness (QED) is 0.157. The topological polar surface area (TPSA) is 0 Å². The summed E-state index contributed by atoms with van der Waals surface area (Å²) in [7, 11) is 0. The molecule has 0 nitrogen and oxygen atoms in total. The Morgan fingerprint density at radius 3 is 1.24 bits per heavy atom. The van der Waals surface area contributed by atoms with E-state index in [1.807, 2.05) is 0 Å². The molecule has 0 aromatic heterocycles. The molecule has 1 aliphatic carbocycles. The zero-order valence-electron chi connectivity index (χ0n) is 30.3. The van der Waals surface area contributed by atoms with Crippen LogP contribution in [-0.4, -0.2) is 0 Å². The minimum Gasteiger partial charge on any atom is -0.0622 e. The van der Waals surface area contributed by atoms with Crippen LogP contribution in [0.5, 0.6) is 0 Å². The van der Waals surface area contributed by atoms with Crippen molar-refractivity contribution < 1.29 is 0 Å². The Labute approximate surface area is 321 Å². The molecule has 11 rings (SSSR count). The first-order chi connectivity index (χ1) is 27.3. The summed E-state index contributed by atoms with van der Waals surface area (Å²) in [5, 5.41) is 7.62. The van der Waals surface area contributed by atoms with Gasteiger partial charge in [0.25, 0.3) is 0 Å². The summed E-state index contributed by atoms with van der Waals surface area (Å²) in [6.45, 7) is 0. The molecule has 256 valence electrons. The van der Waals surface area contributed by atoms with E-state index in [2.05, 4.69) is 218 Å². The fourth-order valence-electron chi connectivity index (χ4n) is 9.63. The second kappa shape index (κ2) is 12.5. The van der Waals surface area contributed by atoms with Gasteiger partial charge in [-0.15, -0.1) is 0 Å². The molecule has 0 unspecified atom stereocenters.